The number of aryl methyl sites for hydroxylation is 1. The van der Waals surface area contributed by atoms with Gasteiger partial charge in [0.2, 0.25) is 5.92 Å². The first-order valence-electron chi connectivity index (χ1n) is 15.1. The van der Waals surface area contributed by atoms with Crippen molar-refractivity contribution in [2.45, 2.75) is 117 Å². The summed E-state index contributed by atoms with van der Waals surface area (Å²) in [6.45, 7) is 11.0. The van der Waals surface area contributed by atoms with Crippen LogP contribution in [0.15, 0.2) is 52.7 Å². The molecule has 41 heavy (non-hydrogen) atoms. The van der Waals surface area contributed by atoms with E-state index in [9.17, 15) is 22.0 Å². The molecule has 2 heterocycles. The van der Waals surface area contributed by atoms with Crippen molar-refractivity contribution in [2.75, 3.05) is 12.8 Å². The zero-order valence-corrected chi connectivity index (χ0v) is 26.5. The van der Waals surface area contributed by atoms with Crippen molar-refractivity contribution >= 4 is 18.9 Å². The van der Waals surface area contributed by atoms with Gasteiger partial charge in [0.15, 0.2) is 0 Å². The minimum absolute atomic E-state index is 0.189. The maximum Gasteiger partial charge on any atom is 0.433 e. The average Bonchev–Trinajstić information content (AvgIpc) is 2.90. The topological polar surface area (TPSA) is 25.2 Å². The summed E-state index contributed by atoms with van der Waals surface area (Å²) in [5, 5.41) is 0.918. The van der Waals surface area contributed by atoms with E-state index in [0.29, 0.717) is 38.0 Å². The predicted molar refractivity (Wildman–Crippen MR) is 165 cm³/mol. The SMILES string of the molecule is CCCC/C=C1/C(C(F)(F)F)=NC(CC)C/C1=C\CCCc1cccnc1C(=CCC(C)CC)P(C)CC(C)(F)F. The lowest BCUT2D eigenvalue weighted by Crippen LogP contribution is -2.31. The molecule has 3 atom stereocenters. The zero-order chi connectivity index (χ0) is 30.6. The number of allylic oxidation sites excluding steroid dienone is 4. The molecule has 2 nitrogen and oxygen atoms in total. The third-order valence-electron chi connectivity index (χ3n) is 7.53. The maximum absolute atomic E-state index is 14.0. The number of nitrogens with zero attached hydrogens (tertiary/aromatic N) is 2. The Hall–Kier alpha value is -1.88. The Morgan fingerprint density at radius 3 is 2.41 bits per heavy atom. The van der Waals surface area contributed by atoms with Crippen LogP contribution in [0.4, 0.5) is 22.0 Å². The number of unbranched alkanes of at least 4 members (excludes halogenated alkanes) is 3. The molecule has 0 radical (unpaired) electrons. The fourth-order valence-electron chi connectivity index (χ4n) is 5.00. The van der Waals surface area contributed by atoms with Gasteiger partial charge in [-0.1, -0.05) is 79.2 Å². The molecule has 0 amide bonds. The van der Waals surface area contributed by atoms with E-state index in [0.717, 1.165) is 61.2 Å². The van der Waals surface area contributed by atoms with Crippen LogP contribution in [0, 0.1) is 5.92 Å². The van der Waals surface area contributed by atoms with E-state index in [1.807, 2.05) is 38.7 Å². The highest BCUT2D eigenvalue weighted by molar-refractivity contribution is 7.67. The fourth-order valence-corrected chi connectivity index (χ4v) is 6.98. The Kier molecular flexibility index (Phi) is 14.4. The number of aliphatic imine (C=N–C) groups is 1. The van der Waals surface area contributed by atoms with Crippen molar-refractivity contribution < 1.29 is 22.0 Å². The van der Waals surface area contributed by atoms with Crippen LogP contribution in [0.2, 0.25) is 0 Å². The maximum atomic E-state index is 14.0. The van der Waals surface area contributed by atoms with Crippen LogP contribution in [-0.2, 0) is 6.42 Å². The predicted octanol–water partition coefficient (Wildman–Crippen LogP) is 11.2. The largest absolute Gasteiger partial charge is 0.433 e. The Morgan fingerprint density at radius 2 is 1.80 bits per heavy atom. The van der Waals surface area contributed by atoms with Gasteiger partial charge in [-0.2, -0.15) is 13.2 Å². The molecule has 0 aliphatic carbocycles. The van der Waals surface area contributed by atoms with E-state index in [2.05, 4.69) is 29.9 Å². The second-order valence-corrected chi connectivity index (χ2v) is 13.6. The van der Waals surface area contributed by atoms with Crippen molar-refractivity contribution in [2.24, 2.45) is 10.9 Å². The summed E-state index contributed by atoms with van der Waals surface area (Å²) in [5.41, 5.74) is 2.02. The van der Waals surface area contributed by atoms with Gasteiger partial charge in [-0.05, 0) is 87.0 Å². The quantitative estimate of drug-likeness (QED) is 0.112. The molecule has 0 spiro atoms. The normalized spacial score (nSPS) is 20.4. The summed E-state index contributed by atoms with van der Waals surface area (Å²) in [6.07, 6.45) is 10.1. The first-order valence-corrected chi connectivity index (χ1v) is 17.1. The van der Waals surface area contributed by atoms with Crippen LogP contribution >= 0.6 is 7.92 Å². The van der Waals surface area contributed by atoms with E-state index < -0.39 is 25.7 Å². The molecule has 0 saturated carbocycles. The van der Waals surface area contributed by atoms with Crippen molar-refractivity contribution in [3.63, 3.8) is 0 Å². The number of hydrogen-bond acceptors (Lipinski definition) is 2. The van der Waals surface area contributed by atoms with Crippen LogP contribution in [0.5, 0.6) is 0 Å². The van der Waals surface area contributed by atoms with Crippen molar-refractivity contribution in [1.82, 2.24) is 4.98 Å². The Morgan fingerprint density at radius 1 is 1.10 bits per heavy atom. The number of aromatic nitrogens is 1. The van der Waals surface area contributed by atoms with Gasteiger partial charge in [-0.3, -0.25) is 9.98 Å². The summed E-state index contributed by atoms with van der Waals surface area (Å²) in [7, 11) is -1.12. The highest BCUT2D eigenvalue weighted by atomic mass is 31.1. The van der Waals surface area contributed by atoms with E-state index in [-0.39, 0.29) is 17.8 Å². The Labute approximate surface area is 245 Å². The molecule has 0 N–H and O–H groups in total. The van der Waals surface area contributed by atoms with Crippen LogP contribution in [0.25, 0.3) is 5.31 Å². The summed E-state index contributed by atoms with van der Waals surface area (Å²) in [5.74, 6) is -2.31. The van der Waals surface area contributed by atoms with E-state index >= 15 is 0 Å². The Bertz CT molecular complexity index is 1080. The summed E-state index contributed by atoms with van der Waals surface area (Å²) < 4.78 is 69.9. The molecule has 8 heteroatoms. The van der Waals surface area contributed by atoms with Gasteiger partial charge in [0.1, 0.15) is 5.71 Å². The molecular formula is C33H48F5N2P. The van der Waals surface area contributed by atoms with Gasteiger partial charge >= 0.3 is 6.18 Å². The molecule has 0 saturated heterocycles. The van der Waals surface area contributed by atoms with Crippen molar-refractivity contribution in [3.8, 4) is 0 Å². The standard InChI is InChI=1S/C33H48F5N2P/c1-7-10-11-18-28-26(22-27(9-3)40-31(28)33(36,37)38)16-13-12-15-25-17-14-21-39-30(25)29(20-19-24(4)8-2)41(6)23-32(5,34)35/h14,16-18,20-21,24,27H,7-13,15,19,22-23H2,1-6H3/b26-16+,28-18+,29-20?. The third-order valence-corrected chi connectivity index (χ3v) is 9.77. The van der Waals surface area contributed by atoms with Crippen LogP contribution < -0.4 is 0 Å². The van der Waals surface area contributed by atoms with Gasteiger partial charge in [-0.25, -0.2) is 8.78 Å². The molecule has 1 aromatic heterocycles. The monoisotopic (exact) mass is 598 g/mol. The number of pyridine rings is 1. The van der Waals surface area contributed by atoms with E-state index in [1.54, 1.807) is 12.3 Å². The first kappa shape index (κ1) is 35.3. The molecule has 3 unspecified atom stereocenters. The minimum atomic E-state index is -4.48. The average molecular weight is 599 g/mol. The molecule has 0 fully saturated rings. The van der Waals surface area contributed by atoms with Gasteiger partial charge in [0.05, 0.1) is 11.7 Å². The highest BCUT2D eigenvalue weighted by Crippen LogP contribution is 2.51. The van der Waals surface area contributed by atoms with Crippen molar-refractivity contribution in [1.29, 1.82) is 0 Å². The molecular weight excluding hydrogens is 550 g/mol. The number of rotatable bonds is 15. The summed E-state index contributed by atoms with van der Waals surface area (Å²) >= 11 is 0. The molecule has 1 aliphatic rings. The van der Waals surface area contributed by atoms with Gasteiger partial charge in [0.25, 0.3) is 0 Å². The van der Waals surface area contributed by atoms with Gasteiger partial charge in [0, 0.05) is 17.9 Å². The number of alkyl halides is 5. The van der Waals surface area contributed by atoms with Crippen LogP contribution in [-0.4, -0.2) is 41.7 Å². The fraction of sp³-hybridized carbons (Fsp3) is 0.636. The van der Waals surface area contributed by atoms with Crippen LogP contribution in [0.1, 0.15) is 104 Å². The van der Waals surface area contributed by atoms with Gasteiger partial charge < -0.3 is 0 Å². The zero-order valence-electron chi connectivity index (χ0n) is 25.6. The lowest BCUT2D eigenvalue weighted by atomic mass is 9.88. The molecule has 230 valence electrons. The first-order chi connectivity index (χ1) is 19.3. The molecule has 1 aromatic rings. The highest BCUT2D eigenvalue weighted by Gasteiger charge is 2.41. The molecule has 2 rings (SSSR count). The molecule has 0 aromatic carbocycles. The second-order valence-electron chi connectivity index (χ2n) is 11.4. The lowest BCUT2D eigenvalue weighted by molar-refractivity contribution is -0.0588. The second kappa shape index (κ2) is 16.7. The third kappa shape index (κ3) is 11.7. The van der Waals surface area contributed by atoms with E-state index in [4.69, 9.17) is 0 Å². The van der Waals surface area contributed by atoms with E-state index in [1.165, 1.54) is 0 Å². The summed E-state index contributed by atoms with van der Waals surface area (Å²) in [6, 6.07) is 3.49. The Balaban J connectivity index is 2.31. The summed E-state index contributed by atoms with van der Waals surface area (Å²) in [4.78, 5) is 8.73. The van der Waals surface area contributed by atoms with Crippen molar-refractivity contribution in [3.05, 3.63) is 59.0 Å². The lowest BCUT2D eigenvalue weighted by Gasteiger charge is -2.26. The van der Waals surface area contributed by atoms with Crippen LogP contribution in [0.3, 0.4) is 0 Å². The number of hydrogen-bond donors (Lipinski definition) is 0. The molecule has 1 aliphatic heterocycles. The number of halogens is 5. The minimum Gasteiger partial charge on any atom is -0.276 e. The smallest absolute Gasteiger partial charge is 0.276 e. The molecule has 0 bridgehead atoms. The van der Waals surface area contributed by atoms with Gasteiger partial charge in [-0.15, -0.1) is 0 Å².